The Bertz CT molecular complexity index is 889. The molecule has 1 heterocycles. The van der Waals surface area contributed by atoms with Crippen molar-refractivity contribution >= 4 is 21.9 Å². The van der Waals surface area contributed by atoms with Crippen LogP contribution in [0, 0.1) is 0 Å². The fourth-order valence-electron chi connectivity index (χ4n) is 3.80. The molecule has 0 radical (unpaired) electrons. The van der Waals surface area contributed by atoms with Crippen molar-refractivity contribution in [1.29, 1.82) is 0 Å². The molecule has 8 heteroatoms. The summed E-state index contributed by atoms with van der Waals surface area (Å²) < 4.78 is 32.1. The molecule has 1 fully saturated rings. The van der Waals surface area contributed by atoms with E-state index in [1.54, 1.807) is 0 Å². The van der Waals surface area contributed by atoms with Crippen molar-refractivity contribution in [2.24, 2.45) is 0 Å². The lowest BCUT2D eigenvalue weighted by Gasteiger charge is -2.25. The summed E-state index contributed by atoms with van der Waals surface area (Å²) in [7, 11) is -3.63. The van der Waals surface area contributed by atoms with Crippen LogP contribution in [0.5, 0.6) is 0 Å². The Labute approximate surface area is 178 Å². The molecule has 2 aliphatic rings. The van der Waals surface area contributed by atoms with E-state index < -0.39 is 16.0 Å². The number of piperidine rings is 1. The van der Waals surface area contributed by atoms with Crippen molar-refractivity contribution in [3.8, 4) is 0 Å². The Kier molecular flexibility index (Phi) is 8.04. The van der Waals surface area contributed by atoms with E-state index in [0.717, 1.165) is 38.5 Å². The lowest BCUT2D eigenvalue weighted by molar-refractivity contribution is -0.124. The van der Waals surface area contributed by atoms with Gasteiger partial charge in [0.15, 0.2) is 6.61 Å². The van der Waals surface area contributed by atoms with Crippen LogP contribution < -0.4 is 5.32 Å². The van der Waals surface area contributed by atoms with Crippen LogP contribution in [0.3, 0.4) is 0 Å². The SMILES string of the molecule is O=C(COC(=O)c1cccc(S(=O)(=O)N2CCCCC2)c1)NCCC1=CCCCC1. The van der Waals surface area contributed by atoms with Crippen LogP contribution in [-0.2, 0) is 19.6 Å². The second-order valence-corrected chi connectivity index (χ2v) is 9.71. The van der Waals surface area contributed by atoms with Gasteiger partial charge in [0.1, 0.15) is 0 Å². The smallest absolute Gasteiger partial charge is 0.338 e. The molecule has 1 aromatic carbocycles. The number of nitrogens with one attached hydrogen (secondary N) is 1. The number of allylic oxidation sites excluding steroid dienone is 1. The number of carbonyl (C=O) groups is 2. The highest BCUT2D eigenvalue weighted by atomic mass is 32.2. The summed E-state index contributed by atoms with van der Waals surface area (Å²) in [6.07, 6.45) is 10.4. The van der Waals surface area contributed by atoms with E-state index in [-0.39, 0.29) is 23.0 Å². The molecule has 0 aromatic heterocycles. The summed E-state index contributed by atoms with van der Waals surface area (Å²) in [4.78, 5) is 24.3. The predicted molar refractivity (Wildman–Crippen MR) is 114 cm³/mol. The highest BCUT2D eigenvalue weighted by molar-refractivity contribution is 7.89. The lowest BCUT2D eigenvalue weighted by Crippen LogP contribution is -2.35. The van der Waals surface area contributed by atoms with Gasteiger partial charge in [-0.1, -0.05) is 24.1 Å². The van der Waals surface area contributed by atoms with Crippen molar-refractivity contribution in [2.45, 2.75) is 56.3 Å². The first kappa shape index (κ1) is 22.5. The normalized spacial score (nSPS) is 17.8. The fourth-order valence-corrected chi connectivity index (χ4v) is 5.36. The average molecular weight is 435 g/mol. The van der Waals surface area contributed by atoms with Gasteiger partial charge < -0.3 is 10.1 Å². The van der Waals surface area contributed by atoms with Crippen LogP contribution in [0.15, 0.2) is 40.8 Å². The largest absolute Gasteiger partial charge is 0.452 e. The van der Waals surface area contributed by atoms with Crippen LogP contribution in [0.4, 0.5) is 0 Å². The van der Waals surface area contributed by atoms with Gasteiger partial charge in [-0.05, 0) is 63.1 Å². The Morgan fingerprint density at radius 3 is 2.60 bits per heavy atom. The van der Waals surface area contributed by atoms with E-state index in [9.17, 15) is 18.0 Å². The van der Waals surface area contributed by atoms with Crippen molar-refractivity contribution < 1.29 is 22.7 Å². The maximum Gasteiger partial charge on any atom is 0.338 e. The first-order chi connectivity index (χ1) is 14.5. The minimum Gasteiger partial charge on any atom is -0.452 e. The van der Waals surface area contributed by atoms with Gasteiger partial charge in [0.05, 0.1) is 10.5 Å². The molecular weight excluding hydrogens is 404 g/mol. The second-order valence-electron chi connectivity index (χ2n) is 7.78. The average Bonchev–Trinajstić information content (AvgIpc) is 2.79. The summed E-state index contributed by atoms with van der Waals surface area (Å²) >= 11 is 0. The number of hydrogen-bond donors (Lipinski definition) is 1. The summed E-state index contributed by atoms with van der Waals surface area (Å²) in [5.41, 5.74) is 1.48. The number of amides is 1. The highest BCUT2D eigenvalue weighted by Gasteiger charge is 2.26. The molecule has 0 atom stereocenters. The third-order valence-electron chi connectivity index (χ3n) is 5.51. The number of benzene rings is 1. The molecule has 7 nitrogen and oxygen atoms in total. The summed E-state index contributed by atoms with van der Waals surface area (Å²) in [5.74, 6) is -1.08. The zero-order valence-corrected chi connectivity index (χ0v) is 18.1. The second kappa shape index (κ2) is 10.7. The molecular formula is C22H30N2O5S. The van der Waals surface area contributed by atoms with Gasteiger partial charge in [-0.25, -0.2) is 13.2 Å². The quantitative estimate of drug-likeness (QED) is 0.501. The third-order valence-corrected chi connectivity index (χ3v) is 7.40. The number of hydrogen-bond acceptors (Lipinski definition) is 5. The molecule has 1 amide bonds. The summed E-state index contributed by atoms with van der Waals surface area (Å²) in [6.45, 7) is 1.12. The van der Waals surface area contributed by atoms with Crippen molar-refractivity contribution in [1.82, 2.24) is 9.62 Å². The molecule has 1 saturated heterocycles. The number of ether oxygens (including phenoxy) is 1. The maximum atomic E-state index is 12.8. The number of sulfonamides is 1. The standard InChI is InChI=1S/C22H30N2O5S/c25-21(23-13-12-18-8-3-1-4-9-18)17-29-22(26)19-10-7-11-20(16-19)30(27,28)24-14-5-2-6-15-24/h7-8,10-11,16H,1-6,9,12-15,17H2,(H,23,25). The van der Waals surface area contributed by atoms with Gasteiger partial charge in [0, 0.05) is 19.6 Å². The van der Waals surface area contributed by atoms with Crippen LogP contribution in [0.1, 0.15) is 61.7 Å². The van der Waals surface area contributed by atoms with Gasteiger partial charge >= 0.3 is 5.97 Å². The van der Waals surface area contributed by atoms with E-state index in [1.165, 1.54) is 47.0 Å². The first-order valence-electron chi connectivity index (χ1n) is 10.7. The van der Waals surface area contributed by atoms with Gasteiger partial charge in [-0.3, -0.25) is 4.79 Å². The molecule has 1 aliphatic heterocycles. The van der Waals surface area contributed by atoms with Crippen LogP contribution in [-0.4, -0.2) is 50.8 Å². The number of rotatable bonds is 8. The molecule has 1 aromatic rings. The minimum atomic E-state index is -3.63. The van der Waals surface area contributed by atoms with Gasteiger partial charge in [0.2, 0.25) is 10.0 Å². The summed E-state index contributed by atoms with van der Waals surface area (Å²) in [6, 6.07) is 5.81. The van der Waals surface area contributed by atoms with E-state index in [2.05, 4.69) is 11.4 Å². The molecule has 0 spiro atoms. The topological polar surface area (TPSA) is 92.8 Å². The number of esters is 1. The third kappa shape index (κ3) is 6.15. The van der Waals surface area contributed by atoms with E-state index >= 15 is 0 Å². The van der Waals surface area contributed by atoms with Gasteiger partial charge in [-0.15, -0.1) is 0 Å². The molecule has 0 bridgehead atoms. The number of carbonyl (C=O) groups excluding carboxylic acids is 2. The zero-order valence-electron chi connectivity index (χ0n) is 17.3. The zero-order chi connectivity index (χ0) is 21.4. The monoisotopic (exact) mass is 434 g/mol. The van der Waals surface area contributed by atoms with Crippen molar-refractivity contribution in [2.75, 3.05) is 26.2 Å². The van der Waals surface area contributed by atoms with Crippen molar-refractivity contribution in [3.63, 3.8) is 0 Å². The van der Waals surface area contributed by atoms with Crippen LogP contribution >= 0.6 is 0 Å². The molecule has 0 unspecified atom stereocenters. The van der Waals surface area contributed by atoms with Crippen molar-refractivity contribution in [3.05, 3.63) is 41.5 Å². The Hall–Kier alpha value is -2.19. The Morgan fingerprint density at radius 2 is 1.87 bits per heavy atom. The Morgan fingerprint density at radius 1 is 1.07 bits per heavy atom. The van der Waals surface area contributed by atoms with E-state index in [0.29, 0.717) is 19.6 Å². The first-order valence-corrected chi connectivity index (χ1v) is 12.1. The maximum absolute atomic E-state index is 12.8. The van der Waals surface area contributed by atoms with Gasteiger partial charge in [-0.2, -0.15) is 4.31 Å². The molecule has 3 rings (SSSR count). The predicted octanol–water partition coefficient (Wildman–Crippen LogP) is 3.02. The molecule has 0 saturated carbocycles. The van der Waals surface area contributed by atoms with E-state index in [4.69, 9.17) is 4.74 Å². The van der Waals surface area contributed by atoms with E-state index in [1.807, 2.05) is 0 Å². The van der Waals surface area contributed by atoms with Crippen LogP contribution in [0.25, 0.3) is 0 Å². The summed E-state index contributed by atoms with van der Waals surface area (Å²) in [5, 5.41) is 2.76. The highest BCUT2D eigenvalue weighted by Crippen LogP contribution is 2.22. The minimum absolute atomic E-state index is 0.0732. The lowest BCUT2D eigenvalue weighted by atomic mass is 9.97. The number of nitrogens with zero attached hydrogens (tertiary/aromatic N) is 1. The Balaban J connectivity index is 1.49. The molecule has 1 aliphatic carbocycles. The van der Waals surface area contributed by atoms with Crippen LogP contribution in [0.2, 0.25) is 0 Å². The molecule has 164 valence electrons. The fraction of sp³-hybridized carbons (Fsp3) is 0.545. The molecule has 1 N–H and O–H groups in total. The molecule has 30 heavy (non-hydrogen) atoms. The van der Waals surface area contributed by atoms with Gasteiger partial charge in [0.25, 0.3) is 5.91 Å².